The monoisotopic (exact) mass is 229 g/mol. The van der Waals surface area contributed by atoms with Gasteiger partial charge in [-0.25, -0.2) is 0 Å². The van der Waals surface area contributed by atoms with Gasteiger partial charge in [0.2, 0.25) is 0 Å². The molecule has 3 heteroatoms. The van der Waals surface area contributed by atoms with Crippen molar-refractivity contribution >= 4 is 0 Å². The maximum atomic E-state index is 9.81. The van der Waals surface area contributed by atoms with Crippen molar-refractivity contribution in [1.82, 2.24) is 5.32 Å². The molecule has 0 spiro atoms. The molecule has 1 rings (SSSR count). The van der Waals surface area contributed by atoms with Crippen LogP contribution in [0.2, 0.25) is 0 Å². The smallest absolute Gasteiger partial charge is 0.0704 e. The molecule has 1 fully saturated rings. The van der Waals surface area contributed by atoms with Gasteiger partial charge in [0.05, 0.1) is 18.3 Å². The summed E-state index contributed by atoms with van der Waals surface area (Å²) in [6.45, 7) is 10.1. The van der Waals surface area contributed by atoms with E-state index in [1.807, 2.05) is 0 Å². The average molecular weight is 229 g/mol. The highest BCUT2D eigenvalue weighted by molar-refractivity contribution is 4.74. The first-order chi connectivity index (χ1) is 7.37. The first kappa shape index (κ1) is 13.9. The zero-order chi connectivity index (χ0) is 12.2. The summed E-state index contributed by atoms with van der Waals surface area (Å²) in [6, 6.07) is 0. The van der Waals surface area contributed by atoms with Gasteiger partial charge in [-0.1, -0.05) is 20.8 Å². The fourth-order valence-electron chi connectivity index (χ4n) is 2.23. The van der Waals surface area contributed by atoms with E-state index in [1.54, 1.807) is 0 Å². The molecule has 0 aromatic carbocycles. The summed E-state index contributed by atoms with van der Waals surface area (Å²) in [4.78, 5) is 0. The van der Waals surface area contributed by atoms with E-state index in [2.05, 4.69) is 33.0 Å². The van der Waals surface area contributed by atoms with Gasteiger partial charge in [-0.05, 0) is 31.6 Å². The topological polar surface area (TPSA) is 41.5 Å². The fraction of sp³-hybridized carbons (Fsp3) is 1.00. The predicted octanol–water partition coefficient (Wildman–Crippen LogP) is 1.94. The molecule has 0 aromatic heterocycles. The van der Waals surface area contributed by atoms with Crippen LogP contribution in [0.1, 0.15) is 47.0 Å². The van der Waals surface area contributed by atoms with E-state index in [0.29, 0.717) is 18.8 Å². The van der Waals surface area contributed by atoms with Crippen LogP contribution in [0.3, 0.4) is 0 Å². The van der Waals surface area contributed by atoms with Gasteiger partial charge in [-0.3, -0.25) is 0 Å². The van der Waals surface area contributed by atoms with Crippen molar-refractivity contribution in [2.45, 2.75) is 65.3 Å². The molecule has 0 saturated carbocycles. The van der Waals surface area contributed by atoms with Crippen molar-refractivity contribution in [2.24, 2.45) is 5.41 Å². The van der Waals surface area contributed by atoms with Gasteiger partial charge in [-0.2, -0.15) is 0 Å². The molecular weight excluding hydrogens is 202 g/mol. The molecule has 1 aliphatic heterocycles. The molecule has 1 aliphatic rings. The Hall–Kier alpha value is -0.120. The molecular formula is C13H27NO2. The summed E-state index contributed by atoms with van der Waals surface area (Å²) < 4.78 is 5.70. The summed E-state index contributed by atoms with van der Waals surface area (Å²) in [5.74, 6) is 0. The van der Waals surface area contributed by atoms with E-state index in [0.717, 1.165) is 25.8 Å². The number of aliphatic hydroxyl groups is 1. The Balaban J connectivity index is 2.06. The normalized spacial score (nSPS) is 28.3. The van der Waals surface area contributed by atoms with E-state index >= 15 is 0 Å². The highest BCUT2D eigenvalue weighted by atomic mass is 16.5. The van der Waals surface area contributed by atoms with Crippen molar-refractivity contribution in [3.63, 3.8) is 0 Å². The minimum absolute atomic E-state index is 0.194. The summed E-state index contributed by atoms with van der Waals surface area (Å²) in [7, 11) is 0. The Bertz CT molecular complexity index is 201. The van der Waals surface area contributed by atoms with Gasteiger partial charge in [0.15, 0.2) is 0 Å². The van der Waals surface area contributed by atoms with Crippen LogP contribution in [0.25, 0.3) is 0 Å². The molecule has 96 valence electrons. The second-order valence-electron chi connectivity index (χ2n) is 6.22. The van der Waals surface area contributed by atoms with Crippen molar-refractivity contribution in [1.29, 1.82) is 0 Å². The van der Waals surface area contributed by atoms with Crippen LogP contribution in [0.5, 0.6) is 0 Å². The second kappa shape index (κ2) is 5.99. The Morgan fingerprint density at radius 1 is 1.38 bits per heavy atom. The SMILES string of the molecule is CC1CCC(CNCC(O)CC(C)(C)C)O1. The summed E-state index contributed by atoms with van der Waals surface area (Å²) >= 11 is 0. The minimum atomic E-state index is -0.251. The van der Waals surface area contributed by atoms with Crippen LogP contribution in [0.4, 0.5) is 0 Å². The van der Waals surface area contributed by atoms with Crippen LogP contribution >= 0.6 is 0 Å². The molecule has 0 bridgehead atoms. The van der Waals surface area contributed by atoms with E-state index in [9.17, 15) is 5.11 Å². The van der Waals surface area contributed by atoms with Gasteiger partial charge in [0.1, 0.15) is 0 Å². The number of hydrogen-bond donors (Lipinski definition) is 2. The largest absolute Gasteiger partial charge is 0.392 e. The molecule has 0 amide bonds. The second-order valence-corrected chi connectivity index (χ2v) is 6.22. The molecule has 2 N–H and O–H groups in total. The zero-order valence-corrected chi connectivity index (χ0v) is 11.1. The van der Waals surface area contributed by atoms with Crippen molar-refractivity contribution in [2.75, 3.05) is 13.1 Å². The van der Waals surface area contributed by atoms with Crippen LogP contribution in [-0.2, 0) is 4.74 Å². The molecule has 3 nitrogen and oxygen atoms in total. The summed E-state index contributed by atoms with van der Waals surface area (Å²) in [5, 5.41) is 13.1. The molecule has 1 saturated heterocycles. The third-order valence-corrected chi connectivity index (χ3v) is 2.92. The van der Waals surface area contributed by atoms with E-state index < -0.39 is 0 Å². The van der Waals surface area contributed by atoms with Crippen molar-refractivity contribution < 1.29 is 9.84 Å². The lowest BCUT2D eigenvalue weighted by Gasteiger charge is -2.23. The number of nitrogens with one attached hydrogen (secondary N) is 1. The summed E-state index contributed by atoms with van der Waals surface area (Å²) in [6.07, 6.45) is 3.64. The highest BCUT2D eigenvalue weighted by Crippen LogP contribution is 2.21. The first-order valence-electron chi connectivity index (χ1n) is 6.41. The van der Waals surface area contributed by atoms with E-state index in [1.165, 1.54) is 0 Å². The Labute approximate surface area is 99.6 Å². The standard InChI is InChI=1S/C13H27NO2/c1-10-5-6-12(16-10)9-14-8-11(15)7-13(2,3)4/h10-12,14-15H,5-9H2,1-4H3. The molecule has 1 heterocycles. The third kappa shape index (κ3) is 5.83. The highest BCUT2D eigenvalue weighted by Gasteiger charge is 2.22. The predicted molar refractivity (Wildman–Crippen MR) is 66.5 cm³/mol. The van der Waals surface area contributed by atoms with Crippen molar-refractivity contribution in [3.8, 4) is 0 Å². The quantitative estimate of drug-likeness (QED) is 0.757. The Morgan fingerprint density at radius 3 is 2.56 bits per heavy atom. The number of rotatable bonds is 5. The van der Waals surface area contributed by atoms with Crippen LogP contribution in [0.15, 0.2) is 0 Å². The van der Waals surface area contributed by atoms with E-state index in [4.69, 9.17) is 4.74 Å². The Kier molecular flexibility index (Phi) is 5.22. The lowest BCUT2D eigenvalue weighted by Crippen LogP contribution is -2.34. The van der Waals surface area contributed by atoms with Gasteiger partial charge in [0.25, 0.3) is 0 Å². The van der Waals surface area contributed by atoms with E-state index in [-0.39, 0.29) is 11.5 Å². The number of hydrogen-bond acceptors (Lipinski definition) is 3. The lowest BCUT2D eigenvalue weighted by atomic mass is 9.89. The van der Waals surface area contributed by atoms with Crippen molar-refractivity contribution in [3.05, 3.63) is 0 Å². The molecule has 0 radical (unpaired) electrons. The van der Waals surface area contributed by atoms with Crippen LogP contribution < -0.4 is 5.32 Å². The fourth-order valence-corrected chi connectivity index (χ4v) is 2.23. The molecule has 3 unspecified atom stereocenters. The first-order valence-corrected chi connectivity index (χ1v) is 6.41. The zero-order valence-electron chi connectivity index (χ0n) is 11.1. The van der Waals surface area contributed by atoms with Gasteiger partial charge in [0, 0.05) is 13.1 Å². The number of aliphatic hydroxyl groups excluding tert-OH is 1. The molecule has 0 aromatic rings. The van der Waals surface area contributed by atoms with Gasteiger partial charge in [-0.15, -0.1) is 0 Å². The molecule has 16 heavy (non-hydrogen) atoms. The maximum Gasteiger partial charge on any atom is 0.0704 e. The Morgan fingerprint density at radius 2 is 2.06 bits per heavy atom. The summed E-state index contributed by atoms with van der Waals surface area (Å²) in [5.41, 5.74) is 0.194. The third-order valence-electron chi connectivity index (χ3n) is 2.92. The van der Waals surface area contributed by atoms with Crippen LogP contribution in [0, 0.1) is 5.41 Å². The molecule has 3 atom stereocenters. The van der Waals surface area contributed by atoms with Gasteiger partial charge < -0.3 is 15.2 Å². The minimum Gasteiger partial charge on any atom is -0.392 e. The number of ether oxygens (including phenoxy) is 1. The lowest BCUT2D eigenvalue weighted by molar-refractivity contribution is 0.0518. The average Bonchev–Trinajstić information content (AvgIpc) is 2.48. The maximum absolute atomic E-state index is 9.81. The van der Waals surface area contributed by atoms with Gasteiger partial charge >= 0.3 is 0 Å². The molecule has 0 aliphatic carbocycles. The van der Waals surface area contributed by atoms with Crippen LogP contribution in [-0.4, -0.2) is 36.5 Å².